The number of benzene rings is 1. The smallest absolute Gasteiger partial charge is 0.240 e. The topological polar surface area (TPSA) is 150 Å². The van der Waals surface area contributed by atoms with Gasteiger partial charge in [0.1, 0.15) is 23.3 Å². The highest BCUT2D eigenvalue weighted by molar-refractivity contribution is 7.89. The van der Waals surface area contributed by atoms with Crippen molar-refractivity contribution in [3.63, 3.8) is 0 Å². The Hall–Kier alpha value is -3.19. The molecule has 11 nitrogen and oxygen atoms in total. The van der Waals surface area contributed by atoms with Gasteiger partial charge < -0.3 is 10.6 Å². The van der Waals surface area contributed by atoms with Crippen LogP contribution in [0.2, 0.25) is 0 Å². The number of aryl methyl sites for hydroxylation is 1. The standard InChI is InChI=1S/C16H20FN9O2S/c1-3-18-14-9-15(22-10(2)21-14)19-6-7-20-29(27,28)11-4-5-13(17)12(8-11)16-23-25-26-24-16/h4-5,8-9,20H,3,6-7H2,1-2H3,(H2,18,19,21,22)(H,23,24,25,26). The zero-order chi connectivity index (χ0) is 20.9. The lowest BCUT2D eigenvalue weighted by Gasteiger charge is -2.11. The molecule has 2 heterocycles. The number of sulfonamides is 1. The second-order valence-corrected chi connectivity index (χ2v) is 7.68. The maximum absolute atomic E-state index is 14.0. The maximum atomic E-state index is 14.0. The van der Waals surface area contributed by atoms with Crippen molar-refractivity contribution in [2.24, 2.45) is 0 Å². The van der Waals surface area contributed by atoms with Crippen molar-refractivity contribution in [3.05, 3.63) is 35.9 Å². The van der Waals surface area contributed by atoms with Crippen LogP contribution in [0.3, 0.4) is 0 Å². The molecule has 0 fully saturated rings. The summed E-state index contributed by atoms with van der Waals surface area (Å²) in [6.45, 7) is 4.83. The molecule has 154 valence electrons. The number of aromatic nitrogens is 6. The molecule has 3 aromatic rings. The Kier molecular flexibility index (Phi) is 6.29. The molecule has 0 saturated carbocycles. The fraction of sp³-hybridized carbons (Fsp3) is 0.312. The number of aromatic amines is 1. The van der Waals surface area contributed by atoms with Gasteiger partial charge in [0.05, 0.1) is 10.5 Å². The van der Waals surface area contributed by atoms with Crippen molar-refractivity contribution in [3.8, 4) is 11.4 Å². The van der Waals surface area contributed by atoms with Crippen LogP contribution in [-0.4, -0.2) is 58.6 Å². The minimum absolute atomic E-state index is 0.0307. The molecular weight excluding hydrogens is 401 g/mol. The van der Waals surface area contributed by atoms with Crippen molar-refractivity contribution in [2.45, 2.75) is 18.7 Å². The Morgan fingerprint density at radius 1 is 1.10 bits per heavy atom. The van der Waals surface area contributed by atoms with Crippen LogP contribution >= 0.6 is 0 Å². The summed E-state index contributed by atoms with van der Waals surface area (Å²) in [4.78, 5) is 8.39. The summed E-state index contributed by atoms with van der Waals surface area (Å²) < 4.78 is 41.4. The van der Waals surface area contributed by atoms with Crippen LogP contribution < -0.4 is 15.4 Å². The fourth-order valence-corrected chi connectivity index (χ4v) is 3.57. The van der Waals surface area contributed by atoms with Crippen molar-refractivity contribution < 1.29 is 12.8 Å². The molecule has 0 radical (unpaired) electrons. The Balaban J connectivity index is 1.63. The number of H-pyrrole nitrogens is 1. The predicted molar refractivity (Wildman–Crippen MR) is 104 cm³/mol. The zero-order valence-corrected chi connectivity index (χ0v) is 16.6. The van der Waals surface area contributed by atoms with Gasteiger partial charge in [0.2, 0.25) is 15.8 Å². The summed E-state index contributed by atoms with van der Waals surface area (Å²) in [6, 6.07) is 5.12. The molecule has 2 aromatic heterocycles. The van der Waals surface area contributed by atoms with Gasteiger partial charge in [0.15, 0.2) is 0 Å². The van der Waals surface area contributed by atoms with Crippen molar-refractivity contribution >= 4 is 21.7 Å². The summed E-state index contributed by atoms with van der Waals surface area (Å²) in [6.07, 6.45) is 0. The molecule has 0 aliphatic rings. The second kappa shape index (κ2) is 8.87. The van der Waals surface area contributed by atoms with Crippen LogP contribution in [0.1, 0.15) is 12.7 Å². The van der Waals surface area contributed by atoms with Crippen LogP contribution in [0.4, 0.5) is 16.0 Å². The SMILES string of the molecule is CCNc1cc(NCCNS(=O)(=O)c2ccc(F)c(-c3nn[nH]n3)c2)nc(C)n1. The first-order valence-corrected chi connectivity index (χ1v) is 10.2. The Morgan fingerprint density at radius 3 is 2.55 bits per heavy atom. The molecule has 1 aromatic carbocycles. The van der Waals surface area contributed by atoms with Gasteiger partial charge in [-0.1, -0.05) is 0 Å². The number of hydrogen-bond acceptors (Lipinski definition) is 9. The summed E-state index contributed by atoms with van der Waals surface area (Å²) >= 11 is 0. The van der Waals surface area contributed by atoms with E-state index in [0.29, 0.717) is 24.0 Å². The van der Waals surface area contributed by atoms with E-state index in [1.165, 1.54) is 6.07 Å². The van der Waals surface area contributed by atoms with Crippen molar-refractivity contribution in [1.82, 2.24) is 35.3 Å². The highest BCUT2D eigenvalue weighted by Crippen LogP contribution is 2.22. The molecular formula is C16H20FN9O2S. The van der Waals surface area contributed by atoms with E-state index in [1.54, 1.807) is 13.0 Å². The predicted octanol–water partition coefficient (Wildman–Crippen LogP) is 0.926. The summed E-state index contributed by atoms with van der Waals surface area (Å²) in [5.41, 5.74) is -0.0628. The van der Waals surface area contributed by atoms with E-state index in [2.05, 4.69) is 45.9 Å². The first-order valence-electron chi connectivity index (χ1n) is 8.75. The molecule has 29 heavy (non-hydrogen) atoms. The van der Waals surface area contributed by atoms with Crippen LogP contribution in [-0.2, 0) is 10.0 Å². The number of tetrazole rings is 1. The largest absolute Gasteiger partial charge is 0.370 e. The third kappa shape index (κ3) is 5.20. The monoisotopic (exact) mass is 421 g/mol. The van der Waals surface area contributed by atoms with Gasteiger partial charge in [-0.15, -0.1) is 10.2 Å². The Labute approximate surface area is 166 Å². The highest BCUT2D eigenvalue weighted by Gasteiger charge is 2.18. The lowest BCUT2D eigenvalue weighted by atomic mass is 10.2. The molecule has 0 amide bonds. The van der Waals surface area contributed by atoms with Gasteiger partial charge in [-0.05, 0) is 37.3 Å². The molecule has 0 aliphatic carbocycles. The lowest BCUT2D eigenvalue weighted by molar-refractivity contribution is 0.582. The van der Waals surface area contributed by atoms with E-state index in [9.17, 15) is 12.8 Å². The average molecular weight is 421 g/mol. The third-order valence-electron chi connectivity index (χ3n) is 3.75. The number of anilines is 2. The van der Waals surface area contributed by atoms with Crippen LogP contribution in [0.25, 0.3) is 11.4 Å². The van der Waals surface area contributed by atoms with Gasteiger partial charge in [0, 0.05) is 25.7 Å². The minimum atomic E-state index is -3.86. The van der Waals surface area contributed by atoms with Crippen molar-refractivity contribution in [2.75, 3.05) is 30.3 Å². The van der Waals surface area contributed by atoms with Crippen LogP contribution in [0.5, 0.6) is 0 Å². The number of rotatable bonds is 9. The minimum Gasteiger partial charge on any atom is -0.370 e. The van der Waals surface area contributed by atoms with Gasteiger partial charge in [-0.3, -0.25) is 0 Å². The highest BCUT2D eigenvalue weighted by atomic mass is 32.2. The van der Waals surface area contributed by atoms with Gasteiger partial charge in [-0.25, -0.2) is 27.5 Å². The molecule has 0 saturated heterocycles. The van der Waals surface area contributed by atoms with Gasteiger partial charge >= 0.3 is 0 Å². The molecule has 3 rings (SSSR count). The molecule has 0 aliphatic heterocycles. The summed E-state index contributed by atoms with van der Waals surface area (Å²) in [5.74, 6) is 1.17. The molecule has 0 spiro atoms. The number of halogens is 1. The number of nitrogens with zero attached hydrogens (tertiary/aromatic N) is 5. The molecule has 0 bridgehead atoms. The van der Waals surface area contributed by atoms with Gasteiger partial charge in [0.25, 0.3) is 0 Å². The van der Waals surface area contributed by atoms with Crippen LogP contribution in [0, 0.1) is 12.7 Å². The molecule has 4 N–H and O–H groups in total. The van der Waals surface area contributed by atoms with Crippen molar-refractivity contribution in [1.29, 1.82) is 0 Å². The Morgan fingerprint density at radius 2 is 1.86 bits per heavy atom. The quantitative estimate of drug-likeness (QED) is 0.370. The first kappa shape index (κ1) is 20.5. The van der Waals surface area contributed by atoms with E-state index in [0.717, 1.165) is 18.7 Å². The number of nitrogens with one attached hydrogen (secondary N) is 4. The normalized spacial score (nSPS) is 11.4. The van der Waals surface area contributed by atoms with E-state index in [4.69, 9.17) is 0 Å². The summed E-state index contributed by atoms with van der Waals surface area (Å²) in [7, 11) is -3.86. The van der Waals surface area contributed by atoms with E-state index in [1.807, 2.05) is 6.92 Å². The number of hydrogen-bond donors (Lipinski definition) is 4. The first-order chi connectivity index (χ1) is 13.9. The summed E-state index contributed by atoms with van der Waals surface area (Å²) in [5, 5.41) is 19.0. The average Bonchev–Trinajstić information content (AvgIpc) is 3.20. The van der Waals surface area contributed by atoms with Crippen LogP contribution in [0.15, 0.2) is 29.2 Å². The second-order valence-electron chi connectivity index (χ2n) is 5.92. The molecule has 13 heteroatoms. The molecule has 0 unspecified atom stereocenters. The fourth-order valence-electron chi connectivity index (χ4n) is 2.51. The third-order valence-corrected chi connectivity index (χ3v) is 5.21. The maximum Gasteiger partial charge on any atom is 0.240 e. The molecule has 0 atom stereocenters. The van der Waals surface area contributed by atoms with E-state index in [-0.39, 0.29) is 22.8 Å². The Bertz CT molecular complexity index is 1070. The van der Waals surface area contributed by atoms with E-state index < -0.39 is 15.8 Å². The zero-order valence-electron chi connectivity index (χ0n) is 15.8. The lowest BCUT2D eigenvalue weighted by Crippen LogP contribution is -2.29. The van der Waals surface area contributed by atoms with E-state index >= 15 is 0 Å². The van der Waals surface area contributed by atoms with Gasteiger partial charge in [-0.2, -0.15) is 5.21 Å².